The molecule has 0 aromatic heterocycles. The fraction of sp³-hybridized carbons (Fsp3) is 0.409. The first-order valence-electron chi connectivity index (χ1n) is 10.2. The van der Waals surface area contributed by atoms with Gasteiger partial charge in [-0.3, -0.25) is 14.4 Å². The molecule has 0 saturated heterocycles. The number of halogens is 3. The highest BCUT2D eigenvalue weighted by molar-refractivity contribution is 7.92. The average Bonchev–Trinajstić information content (AvgIpc) is 2.69. The van der Waals surface area contributed by atoms with Crippen LogP contribution in [0.1, 0.15) is 43.6 Å². The molecular weight excluding hydrogens is 443 g/mol. The van der Waals surface area contributed by atoms with Crippen LogP contribution < -0.4 is 10.0 Å². The number of sulfonamides is 1. The number of hydrogen-bond donors (Lipinski definition) is 2. The predicted octanol–water partition coefficient (Wildman–Crippen LogP) is 4.35. The largest absolute Gasteiger partial charge is 0.416 e. The molecule has 176 valence electrons. The SMILES string of the molecule is CC(C)N(CCNC(=O)c1ccc(S(=O)(=O)Nc2cccc(C(F)(F)F)c2)cc1)C(C)C. The van der Waals surface area contributed by atoms with Crippen LogP contribution in [0.4, 0.5) is 18.9 Å². The smallest absolute Gasteiger partial charge is 0.351 e. The Morgan fingerprint density at radius 3 is 2.12 bits per heavy atom. The summed E-state index contributed by atoms with van der Waals surface area (Å²) in [5.41, 5.74) is -0.886. The third-order valence-electron chi connectivity index (χ3n) is 4.85. The first-order chi connectivity index (χ1) is 14.8. The Morgan fingerprint density at radius 1 is 1.00 bits per heavy atom. The standard InChI is InChI=1S/C22H28F3N3O3S/c1-15(2)28(16(3)4)13-12-26-21(29)17-8-10-20(11-9-17)32(30,31)27-19-7-5-6-18(14-19)22(23,24)25/h5-11,14-16,27H,12-13H2,1-4H3,(H,26,29). The molecule has 0 heterocycles. The predicted molar refractivity (Wildman–Crippen MR) is 118 cm³/mol. The Hall–Kier alpha value is -2.59. The molecule has 0 atom stereocenters. The number of amides is 1. The highest BCUT2D eigenvalue weighted by atomic mass is 32.2. The zero-order valence-corrected chi connectivity index (χ0v) is 19.2. The molecule has 0 spiro atoms. The Labute approximate surface area is 186 Å². The lowest BCUT2D eigenvalue weighted by atomic mass is 10.2. The normalized spacial score (nSPS) is 12.4. The van der Waals surface area contributed by atoms with Crippen molar-refractivity contribution in [3.05, 3.63) is 59.7 Å². The molecule has 6 nitrogen and oxygen atoms in total. The van der Waals surface area contributed by atoms with Gasteiger partial charge < -0.3 is 5.32 Å². The molecule has 32 heavy (non-hydrogen) atoms. The molecule has 0 radical (unpaired) electrons. The van der Waals surface area contributed by atoms with Gasteiger partial charge >= 0.3 is 6.18 Å². The second-order valence-corrected chi connectivity index (χ2v) is 9.57. The lowest BCUT2D eigenvalue weighted by Gasteiger charge is -2.30. The van der Waals surface area contributed by atoms with Crippen molar-refractivity contribution in [1.29, 1.82) is 0 Å². The molecule has 0 bridgehead atoms. The fourth-order valence-electron chi connectivity index (χ4n) is 3.27. The number of carbonyl (C=O) groups is 1. The minimum Gasteiger partial charge on any atom is -0.351 e. The molecule has 0 aliphatic rings. The van der Waals surface area contributed by atoms with Crippen molar-refractivity contribution in [1.82, 2.24) is 10.2 Å². The van der Waals surface area contributed by atoms with Crippen molar-refractivity contribution in [2.45, 2.75) is 50.9 Å². The molecule has 1 amide bonds. The van der Waals surface area contributed by atoms with Crippen LogP contribution in [0.2, 0.25) is 0 Å². The minimum atomic E-state index is -4.59. The molecule has 2 rings (SSSR count). The number of alkyl halides is 3. The van der Waals surface area contributed by atoms with Gasteiger partial charge in [-0.05, 0) is 70.2 Å². The molecule has 2 aromatic carbocycles. The van der Waals surface area contributed by atoms with Crippen molar-refractivity contribution in [2.75, 3.05) is 17.8 Å². The van der Waals surface area contributed by atoms with E-state index in [4.69, 9.17) is 0 Å². The maximum absolute atomic E-state index is 12.8. The zero-order valence-electron chi connectivity index (χ0n) is 18.4. The van der Waals surface area contributed by atoms with E-state index in [1.807, 2.05) is 0 Å². The number of benzene rings is 2. The summed E-state index contributed by atoms with van der Waals surface area (Å²) < 4.78 is 65.7. The molecule has 0 fully saturated rings. The summed E-state index contributed by atoms with van der Waals surface area (Å²) in [5.74, 6) is -0.341. The summed E-state index contributed by atoms with van der Waals surface area (Å²) in [4.78, 5) is 14.4. The number of carbonyl (C=O) groups excluding carboxylic acids is 1. The highest BCUT2D eigenvalue weighted by Gasteiger charge is 2.30. The number of anilines is 1. The third kappa shape index (κ3) is 6.96. The van der Waals surface area contributed by atoms with Crippen molar-refractivity contribution in [3.63, 3.8) is 0 Å². The van der Waals surface area contributed by atoms with Crippen LogP contribution in [-0.4, -0.2) is 44.4 Å². The molecular formula is C22H28F3N3O3S. The second-order valence-electron chi connectivity index (χ2n) is 7.89. The molecule has 2 N–H and O–H groups in total. The van der Waals surface area contributed by atoms with Crippen molar-refractivity contribution >= 4 is 21.6 Å². The van der Waals surface area contributed by atoms with Crippen LogP contribution in [-0.2, 0) is 16.2 Å². The van der Waals surface area contributed by atoms with Gasteiger partial charge in [-0.1, -0.05) is 6.07 Å². The van der Waals surface area contributed by atoms with E-state index in [1.54, 1.807) is 0 Å². The quantitative estimate of drug-likeness (QED) is 0.570. The Kier molecular flexibility index (Phi) is 8.30. The van der Waals surface area contributed by atoms with Crippen molar-refractivity contribution in [2.24, 2.45) is 0 Å². The molecule has 0 aliphatic heterocycles. The van der Waals surface area contributed by atoms with E-state index < -0.39 is 21.8 Å². The summed E-state index contributed by atoms with van der Waals surface area (Å²) in [7, 11) is -4.12. The van der Waals surface area contributed by atoms with Crippen LogP contribution in [0.15, 0.2) is 53.4 Å². The van der Waals surface area contributed by atoms with Gasteiger partial charge in [0.15, 0.2) is 0 Å². The first kappa shape index (κ1) is 25.7. The summed E-state index contributed by atoms with van der Waals surface area (Å²) in [6.45, 7) is 9.42. The zero-order chi connectivity index (χ0) is 24.1. The summed E-state index contributed by atoms with van der Waals surface area (Å²) in [6.07, 6.45) is -4.59. The lowest BCUT2D eigenvalue weighted by molar-refractivity contribution is -0.137. The van der Waals surface area contributed by atoms with Crippen molar-refractivity contribution < 1.29 is 26.4 Å². The molecule has 10 heteroatoms. The van der Waals surface area contributed by atoms with Gasteiger partial charge in [0, 0.05) is 36.4 Å². The number of nitrogens with one attached hydrogen (secondary N) is 2. The number of nitrogens with zero attached hydrogens (tertiary/aromatic N) is 1. The van der Waals surface area contributed by atoms with Crippen LogP contribution >= 0.6 is 0 Å². The summed E-state index contributed by atoms with van der Waals surface area (Å²) in [5, 5.41) is 2.81. The van der Waals surface area contributed by atoms with Gasteiger partial charge in [0.25, 0.3) is 15.9 Å². The maximum Gasteiger partial charge on any atom is 0.416 e. The van der Waals surface area contributed by atoms with E-state index >= 15 is 0 Å². The van der Waals surface area contributed by atoms with Crippen LogP contribution in [0.3, 0.4) is 0 Å². The van der Waals surface area contributed by atoms with Crippen molar-refractivity contribution in [3.8, 4) is 0 Å². The van der Waals surface area contributed by atoms with Crippen LogP contribution in [0.25, 0.3) is 0 Å². The molecule has 2 aromatic rings. The van der Waals surface area contributed by atoms with Crippen LogP contribution in [0.5, 0.6) is 0 Å². The monoisotopic (exact) mass is 471 g/mol. The fourth-order valence-corrected chi connectivity index (χ4v) is 4.32. The van der Waals surface area contributed by atoms with Gasteiger partial charge in [-0.15, -0.1) is 0 Å². The van der Waals surface area contributed by atoms with Gasteiger partial charge in [-0.2, -0.15) is 13.2 Å². The van der Waals surface area contributed by atoms with Gasteiger partial charge in [0.2, 0.25) is 0 Å². The maximum atomic E-state index is 12.8. The van der Waals surface area contributed by atoms with E-state index in [-0.39, 0.29) is 22.1 Å². The van der Waals surface area contributed by atoms with E-state index in [1.165, 1.54) is 30.3 Å². The molecule has 0 saturated carbocycles. The number of hydrogen-bond acceptors (Lipinski definition) is 4. The second kappa shape index (κ2) is 10.4. The first-order valence-corrected chi connectivity index (χ1v) is 11.6. The topological polar surface area (TPSA) is 78.5 Å². The third-order valence-corrected chi connectivity index (χ3v) is 6.25. The van der Waals surface area contributed by atoms with Gasteiger partial charge in [0.05, 0.1) is 10.5 Å². The Bertz CT molecular complexity index is 1010. The lowest BCUT2D eigenvalue weighted by Crippen LogP contribution is -2.42. The Balaban J connectivity index is 2.04. The number of rotatable bonds is 9. The average molecular weight is 472 g/mol. The minimum absolute atomic E-state index is 0.169. The Morgan fingerprint density at radius 2 is 1.59 bits per heavy atom. The van der Waals surface area contributed by atoms with E-state index in [9.17, 15) is 26.4 Å². The van der Waals surface area contributed by atoms with E-state index in [0.717, 1.165) is 18.2 Å². The van der Waals surface area contributed by atoms with Gasteiger partial charge in [0.1, 0.15) is 0 Å². The van der Waals surface area contributed by atoms with E-state index in [0.29, 0.717) is 25.2 Å². The highest BCUT2D eigenvalue weighted by Crippen LogP contribution is 2.31. The summed E-state index contributed by atoms with van der Waals surface area (Å²) in [6, 6.07) is 9.78. The molecule has 0 unspecified atom stereocenters. The van der Waals surface area contributed by atoms with Crippen LogP contribution in [0, 0.1) is 0 Å². The summed E-state index contributed by atoms with van der Waals surface area (Å²) >= 11 is 0. The van der Waals surface area contributed by atoms with E-state index in [2.05, 4.69) is 42.6 Å². The van der Waals surface area contributed by atoms with Gasteiger partial charge in [-0.25, -0.2) is 8.42 Å². The molecule has 0 aliphatic carbocycles.